The molecule has 1 aromatic heterocycles. The van der Waals surface area contributed by atoms with Crippen LogP contribution in [0.3, 0.4) is 0 Å². The van der Waals surface area contributed by atoms with Crippen LogP contribution < -0.4 is 4.90 Å². The molecule has 108 valence electrons. The Labute approximate surface area is 124 Å². The molecule has 5 nitrogen and oxygen atoms in total. The number of aromatic nitrogens is 1. The maximum Gasteiger partial charge on any atom is 0.332 e. The third-order valence-electron chi connectivity index (χ3n) is 2.78. The molecular formula is C14H20N4OS. The molecule has 1 saturated heterocycles. The van der Waals surface area contributed by atoms with Crippen molar-refractivity contribution in [2.75, 3.05) is 10.8 Å². The Kier molecular flexibility index (Phi) is 4.65. The average molecular weight is 292 g/mol. The molecule has 0 bridgehead atoms. The van der Waals surface area contributed by atoms with Gasteiger partial charge in [0.15, 0.2) is 5.17 Å². The zero-order valence-corrected chi connectivity index (χ0v) is 13.1. The largest absolute Gasteiger partial charge is 0.332 e. The van der Waals surface area contributed by atoms with Gasteiger partial charge in [0.2, 0.25) is 0 Å². The summed E-state index contributed by atoms with van der Waals surface area (Å²) >= 11 is 1.58. The summed E-state index contributed by atoms with van der Waals surface area (Å²) in [7, 11) is 0. The monoisotopic (exact) mass is 292 g/mol. The number of hydrogen-bond donors (Lipinski definition) is 0. The van der Waals surface area contributed by atoms with E-state index in [2.05, 4.69) is 9.98 Å². The first-order valence-corrected chi connectivity index (χ1v) is 7.71. The molecule has 2 heterocycles. The van der Waals surface area contributed by atoms with E-state index in [0.717, 1.165) is 5.17 Å². The van der Waals surface area contributed by atoms with Crippen LogP contribution in [0.5, 0.6) is 0 Å². The van der Waals surface area contributed by atoms with Gasteiger partial charge in [0.05, 0.1) is 5.88 Å². The number of nitrogens with zero attached hydrogens (tertiary/aromatic N) is 4. The van der Waals surface area contributed by atoms with Crippen molar-refractivity contribution in [3.05, 3.63) is 24.4 Å². The Bertz CT molecular complexity index is 501. The van der Waals surface area contributed by atoms with Gasteiger partial charge in [-0.2, -0.15) is 0 Å². The Morgan fingerprint density at radius 2 is 2.05 bits per heavy atom. The molecule has 1 aliphatic rings. The Balaban J connectivity index is 2.29. The van der Waals surface area contributed by atoms with Crippen molar-refractivity contribution < 1.29 is 4.79 Å². The number of carbonyl (C=O) groups is 1. The number of thioether (sulfide) groups is 1. The molecule has 0 saturated carbocycles. The van der Waals surface area contributed by atoms with Crippen molar-refractivity contribution in [3.63, 3.8) is 0 Å². The summed E-state index contributed by atoms with van der Waals surface area (Å²) in [6.45, 7) is 8.02. The number of amides is 2. The molecule has 6 heteroatoms. The number of amidine groups is 1. The van der Waals surface area contributed by atoms with Crippen LogP contribution in [0.1, 0.15) is 27.7 Å². The molecular weight excluding hydrogens is 272 g/mol. The Hall–Kier alpha value is -1.56. The summed E-state index contributed by atoms with van der Waals surface area (Å²) in [6, 6.07) is 5.76. The fourth-order valence-electron chi connectivity index (χ4n) is 1.90. The van der Waals surface area contributed by atoms with Gasteiger partial charge in [0.25, 0.3) is 0 Å². The van der Waals surface area contributed by atoms with E-state index in [1.807, 2.05) is 45.9 Å². The highest BCUT2D eigenvalue weighted by Crippen LogP contribution is 2.26. The predicted molar refractivity (Wildman–Crippen MR) is 84.1 cm³/mol. The van der Waals surface area contributed by atoms with E-state index in [-0.39, 0.29) is 18.1 Å². The van der Waals surface area contributed by atoms with Gasteiger partial charge in [0, 0.05) is 18.3 Å². The fourth-order valence-corrected chi connectivity index (χ4v) is 3.10. The number of anilines is 1. The summed E-state index contributed by atoms with van der Waals surface area (Å²) in [5.41, 5.74) is 0. The number of urea groups is 1. The molecule has 2 rings (SSSR count). The quantitative estimate of drug-likeness (QED) is 0.859. The minimum absolute atomic E-state index is 0.0585. The number of aliphatic imine (C=N–C) groups is 1. The van der Waals surface area contributed by atoms with E-state index >= 15 is 0 Å². The maximum absolute atomic E-state index is 12.7. The molecule has 1 aromatic rings. The summed E-state index contributed by atoms with van der Waals surface area (Å²) in [4.78, 5) is 24.9. The minimum Gasteiger partial charge on any atom is -0.270 e. The first kappa shape index (κ1) is 14.8. The third kappa shape index (κ3) is 3.12. The first-order valence-electron chi connectivity index (χ1n) is 6.73. The van der Waals surface area contributed by atoms with Gasteiger partial charge in [-0.3, -0.25) is 14.8 Å². The van der Waals surface area contributed by atoms with E-state index < -0.39 is 0 Å². The molecule has 1 fully saturated rings. The van der Waals surface area contributed by atoms with Crippen molar-refractivity contribution in [2.45, 2.75) is 39.8 Å². The topological polar surface area (TPSA) is 48.8 Å². The van der Waals surface area contributed by atoms with Crippen LogP contribution in [-0.4, -0.2) is 39.0 Å². The van der Waals surface area contributed by atoms with E-state index in [0.29, 0.717) is 11.7 Å². The SMILES string of the molecule is CC(C)N=C1SCN(c2ccccn2)C(=O)N1C(C)C. The van der Waals surface area contributed by atoms with E-state index in [1.54, 1.807) is 27.8 Å². The van der Waals surface area contributed by atoms with Gasteiger partial charge in [-0.05, 0) is 39.8 Å². The molecule has 0 spiro atoms. The van der Waals surface area contributed by atoms with Gasteiger partial charge in [0.1, 0.15) is 5.82 Å². The molecule has 1 aliphatic heterocycles. The van der Waals surface area contributed by atoms with Crippen LogP contribution in [0.15, 0.2) is 29.4 Å². The summed E-state index contributed by atoms with van der Waals surface area (Å²) < 4.78 is 0. The first-order chi connectivity index (χ1) is 9.50. The third-order valence-corrected chi connectivity index (χ3v) is 3.72. The van der Waals surface area contributed by atoms with Crippen LogP contribution in [-0.2, 0) is 0 Å². The maximum atomic E-state index is 12.7. The van der Waals surface area contributed by atoms with Gasteiger partial charge in [-0.1, -0.05) is 17.8 Å². The van der Waals surface area contributed by atoms with Crippen molar-refractivity contribution in [3.8, 4) is 0 Å². The zero-order valence-electron chi connectivity index (χ0n) is 12.3. The zero-order chi connectivity index (χ0) is 14.7. The number of hydrogen-bond acceptors (Lipinski definition) is 4. The van der Waals surface area contributed by atoms with Crippen molar-refractivity contribution in [1.82, 2.24) is 9.88 Å². The average Bonchev–Trinajstić information content (AvgIpc) is 2.38. The van der Waals surface area contributed by atoms with Gasteiger partial charge in [-0.15, -0.1) is 0 Å². The highest BCUT2D eigenvalue weighted by atomic mass is 32.2. The molecule has 0 atom stereocenters. The Morgan fingerprint density at radius 3 is 2.60 bits per heavy atom. The van der Waals surface area contributed by atoms with E-state index in [4.69, 9.17) is 0 Å². The predicted octanol–water partition coefficient (Wildman–Crippen LogP) is 3.19. The van der Waals surface area contributed by atoms with Gasteiger partial charge >= 0.3 is 6.03 Å². The smallest absolute Gasteiger partial charge is 0.270 e. The second kappa shape index (κ2) is 6.26. The van der Waals surface area contributed by atoms with Crippen LogP contribution in [0.2, 0.25) is 0 Å². The number of rotatable bonds is 3. The summed E-state index contributed by atoms with van der Waals surface area (Å²) in [6.07, 6.45) is 1.70. The second-order valence-corrected chi connectivity index (χ2v) is 6.05. The second-order valence-electron chi connectivity index (χ2n) is 5.14. The molecule has 0 unspecified atom stereocenters. The van der Waals surface area contributed by atoms with Crippen LogP contribution in [0.4, 0.5) is 10.6 Å². The lowest BCUT2D eigenvalue weighted by molar-refractivity contribution is 0.220. The van der Waals surface area contributed by atoms with E-state index in [1.165, 1.54) is 0 Å². The Morgan fingerprint density at radius 1 is 1.30 bits per heavy atom. The standard InChI is InChI=1S/C14H20N4OS/c1-10(2)16-13-18(11(3)4)14(19)17(9-20-13)12-7-5-6-8-15-12/h5-8,10-11H,9H2,1-4H3. The highest BCUT2D eigenvalue weighted by molar-refractivity contribution is 8.14. The molecule has 0 aliphatic carbocycles. The van der Waals surface area contributed by atoms with Crippen LogP contribution in [0, 0.1) is 0 Å². The minimum atomic E-state index is -0.0585. The van der Waals surface area contributed by atoms with Crippen LogP contribution in [0.25, 0.3) is 0 Å². The number of pyridine rings is 1. The molecule has 20 heavy (non-hydrogen) atoms. The normalized spacial score (nSPS) is 18.5. The molecule has 0 radical (unpaired) electrons. The highest BCUT2D eigenvalue weighted by Gasteiger charge is 2.34. The van der Waals surface area contributed by atoms with Crippen molar-refractivity contribution in [2.24, 2.45) is 4.99 Å². The van der Waals surface area contributed by atoms with Crippen molar-refractivity contribution in [1.29, 1.82) is 0 Å². The summed E-state index contributed by atoms with van der Waals surface area (Å²) in [5.74, 6) is 1.23. The molecule has 2 amide bonds. The van der Waals surface area contributed by atoms with Gasteiger partial charge < -0.3 is 0 Å². The lowest BCUT2D eigenvalue weighted by Gasteiger charge is -2.37. The molecule has 0 N–H and O–H groups in total. The fraction of sp³-hybridized carbons (Fsp3) is 0.500. The van der Waals surface area contributed by atoms with Gasteiger partial charge in [-0.25, -0.2) is 9.78 Å². The van der Waals surface area contributed by atoms with Crippen molar-refractivity contribution >= 4 is 28.8 Å². The molecule has 0 aromatic carbocycles. The van der Waals surface area contributed by atoms with Crippen LogP contribution >= 0.6 is 11.8 Å². The lowest BCUT2D eigenvalue weighted by Crippen LogP contribution is -2.53. The lowest BCUT2D eigenvalue weighted by atomic mass is 10.3. The van der Waals surface area contributed by atoms with E-state index in [9.17, 15) is 4.79 Å². The summed E-state index contributed by atoms with van der Waals surface area (Å²) in [5, 5.41) is 0.798. The number of carbonyl (C=O) groups excluding carboxylic acids is 1.